The minimum atomic E-state index is -0.735. The highest BCUT2D eigenvalue weighted by atomic mass is 35.5. The number of phenols is 1. The number of phenolic OH excluding ortho intramolecular Hbond substituents is 1. The monoisotopic (exact) mass is 424 g/mol. The number of hydrogen-bond donors (Lipinski definition) is 1. The van der Waals surface area contributed by atoms with Crippen molar-refractivity contribution in [3.63, 3.8) is 0 Å². The van der Waals surface area contributed by atoms with Crippen LogP contribution in [0.3, 0.4) is 0 Å². The van der Waals surface area contributed by atoms with E-state index in [1.54, 1.807) is 12.1 Å². The van der Waals surface area contributed by atoms with Gasteiger partial charge in [-0.15, -0.1) is 0 Å². The lowest BCUT2D eigenvalue weighted by molar-refractivity contribution is -0.385. The van der Waals surface area contributed by atoms with E-state index in [9.17, 15) is 24.8 Å². The first-order valence-corrected chi connectivity index (χ1v) is 9.00. The lowest BCUT2D eigenvalue weighted by atomic mass is 10.1. The summed E-state index contributed by atoms with van der Waals surface area (Å²) in [4.78, 5) is 36.1. The van der Waals surface area contributed by atoms with Crippen molar-refractivity contribution in [1.29, 1.82) is 0 Å². The Morgan fingerprint density at radius 1 is 1.19 bits per heavy atom. The van der Waals surface area contributed by atoms with Crippen molar-refractivity contribution in [2.45, 2.75) is 6.54 Å². The number of nitro benzene ring substituents is 1. The smallest absolute Gasteiger partial charge is 0.311 e. The number of carbonyl (C=O) groups is 2. The highest BCUT2D eigenvalue weighted by molar-refractivity contribution is 8.18. The van der Waals surface area contributed by atoms with Crippen LogP contribution in [0.15, 0.2) is 41.3 Å². The second kappa shape index (κ2) is 7.59. The van der Waals surface area contributed by atoms with Crippen molar-refractivity contribution in [2.75, 3.05) is 0 Å². The van der Waals surface area contributed by atoms with E-state index in [2.05, 4.69) is 0 Å². The zero-order chi connectivity index (χ0) is 19.7. The summed E-state index contributed by atoms with van der Waals surface area (Å²) in [5, 5.41) is 20.7. The van der Waals surface area contributed by atoms with E-state index in [-0.39, 0.29) is 11.4 Å². The molecule has 2 aromatic carbocycles. The molecular weight excluding hydrogens is 415 g/mol. The number of imide groups is 1. The van der Waals surface area contributed by atoms with E-state index >= 15 is 0 Å². The fourth-order valence-electron chi connectivity index (χ4n) is 2.38. The van der Waals surface area contributed by atoms with Crippen LogP contribution in [-0.2, 0) is 11.3 Å². The first-order chi connectivity index (χ1) is 12.8. The minimum Gasteiger partial charge on any atom is -0.502 e. The summed E-state index contributed by atoms with van der Waals surface area (Å²) < 4.78 is 0. The van der Waals surface area contributed by atoms with Gasteiger partial charge in [0.15, 0.2) is 5.75 Å². The third-order valence-corrected chi connectivity index (χ3v) is 5.21. The van der Waals surface area contributed by atoms with E-state index < -0.39 is 27.5 Å². The van der Waals surface area contributed by atoms with Gasteiger partial charge in [-0.2, -0.15) is 0 Å². The summed E-state index contributed by atoms with van der Waals surface area (Å²) >= 11 is 12.6. The number of carbonyl (C=O) groups excluding carboxylic acids is 2. The fourth-order valence-corrected chi connectivity index (χ4v) is 3.69. The van der Waals surface area contributed by atoms with Gasteiger partial charge in [0.25, 0.3) is 11.1 Å². The molecule has 1 aliphatic rings. The predicted molar refractivity (Wildman–Crippen MR) is 103 cm³/mol. The van der Waals surface area contributed by atoms with Gasteiger partial charge >= 0.3 is 5.69 Å². The van der Waals surface area contributed by atoms with Crippen LogP contribution < -0.4 is 0 Å². The Morgan fingerprint density at radius 2 is 1.93 bits per heavy atom. The van der Waals surface area contributed by atoms with Crippen LogP contribution in [0.25, 0.3) is 6.08 Å². The molecule has 10 heteroatoms. The standard InChI is InChI=1S/C17H10Cl2N2O5S/c18-11-3-2-10(12(19)7-11)8-20-16(23)15(27-17(20)24)6-9-1-4-14(22)13(5-9)21(25)26/h1-7,22H,8H2/b15-6+. The van der Waals surface area contributed by atoms with Crippen LogP contribution in [-0.4, -0.2) is 26.1 Å². The van der Waals surface area contributed by atoms with E-state index in [4.69, 9.17) is 23.2 Å². The Kier molecular flexibility index (Phi) is 5.41. The van der Waals surface area contributed by atoms with Crippen molar-refractivity contribution in [2.24, 2.45) is 0 Å². The Hall–Kier alpha value is -2.55. The number of amides is 2. The molecule has 0 aliphatic carbocycles. The van der Waals surface area contributed by atoms with Gasteiger partial charge in [-0.1, -0.05) is 35.3 Å². The molecule has 0 bridgehead atoms. The highest BCUT2D eigenvalue weighted by Gasteiger charge is 2.35. The second-order valence-corrected chi connectivity index (χ2v) is 7.35. The molecule has 2 aromatic rings. The molecule has 1 aliphatic heterocycles. The maximum Gasteiger partial charge on any atom is 0.311 e. The van der Waals surface area contributed by atoms with E-state index in [1.165, 1.54) is 18.2 Å². The van der Waals surface area contributed by atoms with E-state index in [0.29, 0.717) is 21.2 Å². The minimum absolute atomic E-state index is 0.0201. The average molecular weight is 425 g/mol. The Bertz CT molecular complexity index is 1010. The highest BCUT2D eigenvalue weighted by Crippen LogP contribution is 2.35. The summed E-state index contributed by atoms with van der Waals surface area (Å²) in [5.74, 6) is -1.02. The van der Waals surface area contributed by atoms with Gasteiger partial charge < -0.3 is 5.11 Å². The van der Waals surface area contributed by atoms with Gasteiger partial charge in [0.2, 0.25) is 0 Å². The predicted octanol–water partition coefficient (Wildman–Crippen LogP) is 4.84. The van der Waals surface area contributed by atoms with Crippen molar-refractivity contribution >= 4 is 57.9 Å². The van der Waals surface area contributed by atoms with Crippen molar-refractivity contribution in [1.82, 2.24) is 4.90 Å². The second-order valence-electron chi connectivity index (χ2n) is 5.51. The van der Waals surface area contributed by atoms with Crippen LogP contribution in [0.5, 0.6) is 5.75 Å². The largest absolute Gasteiger partial charge is 0.502 e. The lowest BCUT2D eigenvalue weighted by Crippen LogP contribution is -2.27. The molecule has 1 N–H and O–H groups in total. The average Bonchev–Trinajstić information content (AvgIpc) is 2.86. The lowest BCUT2D eigenvalue weighted by Gasteiger charge is -2.13. The Labute approximate surface area is 167 Å². The van der Waals surface area contributed by atoms with Gasteiger partial charge in [-0.3, -0.25) is 24.6 Å². The zero-order valence-electron chi connectivity index (χ0n) is 13.4. The SMILES string of the molecule is O=C1S/C(=C/c2ccc(O)c([N+](=O)[O-])c2)C(=O)N1Cc1ccc(Cl)cc1Cl. The van der Waals surface area contributed by atoms with Crippen LogP contribution in [0.2, 0.25) is 10.0 Å². The van der Waals surface area contributed by atoms with Crippen LogP contribution in [0, 0.1) is 10.1 Å². The molecule has 0 unspecified atom stereocenters. The van der Waals surface area contributed by atoms with E-state index in [1.807, 2.05) is 0 Å². The Balaban J connectivity index is 1.86. The van der Waals surface area contributed by atoms with Crippen LogP contribution in [0.1, 0.15) is 11.1 Å². The van der Waals surface area contributed by atoms with Crippen LogP contribution >= 0.6 is 35.0 Å². The van der Waals surface area contributed by atoms with Crippen molar-refractivity contribution in [3.8, 4) is 5.75 Å². The number of thioether (sulfide) groups is 1. The quantitative estimate of drug-likeness (QED) is 0.427. The number of nitrogens with zero attached hydrogens (tertiary/aromatic N) is 2. The number of hydrogen-bond acceptors (Lipinski definition) is 6. The van der Waals surface area contributed by atoms with Gasteiger partial charge in [0, 0.05) is 16.1 Å². The number of halogens is 2. The van der Waals surface area contributed by atoms with Crippen molar-refractivity contribution in [3.05, 3.63) is 72.6 Å². The van der Waals surface area contributed by atoms with Gasteiger partial charge in [0.05, 0.1) is 16.4 Å². The number of aromatic hydroxyl groups is 1. The van der Waals surface area contributed by atoms with Gasteiger partial charge in [0.1, 0.15) is 0 Å². The molecule has 1 saturated heterocycles. The summed E-state index contributed by atoms with van der Waals surface area (Å²) in [6.07, 6.45) is 1.36. The third-order valence-electron chi connectivity index (χ3n) is 3.71. The van der Waals surface area contributed by atoms with Gasteiger partial charge in [-0.05, 0) is 47.2 Å². The van der Waals surface area contributed by atoms with Crippen LogP contribution in [0.4, 0.5) is 10.5 Å². The number of nitro groups is 1. The third kappa shape index (κ3) is 4.08. The molecule has 1 fully saturated rings. The molecule has 27 heavy (non-hydrogen) atoms. The van der Waals surface area contributed by atoms with E-state index in [0.717, 1.165) is 28.8 Å². The molecule has 3 rings (SSSR count). The topological polar surface area (TPSA) is 101 Å². The van der Waals surface area contributed by atoms with Gasteiger partial charge in [-0.25, -0.2) is 0 Å². The summed E-state index contributed by atoms with van der Waals surface area (Å²) in [5.41, 5.74) is 0.385. The molecule has 138 valence electrons. The molecular formula is C17H10Cl2N2O5S. The molecule has 7 nitrogen and oxygen atoms in total. The molecule has 1 heterocycles. The number of benzene rings is 2. The first kappa shape index (κ1) is 19.2. The fraction of sp³-hybridized carbons (Fsp3) is 0.0588. The summed E-state index contributed by atoms with van der Waals surface area (Å²) in [6, 6.07) is 8.44. The summed E-state index contributed by atoms with van der Waals surface area (Å²) in [7, 11) is 0. The first-order valence-electron chi connectivity index (χ1n) is 7.43. The molecule has 0 saturated carbocycles. The molecule has 0 radical (unpaired) electrons. The number of rotatable bonds is 4. The van der Waals surface area contributed by atoms with Crippen molar-refractivity contribution < 1.29 is 19.6 Å². The maximum absolute atomic E-state index is 12.6. The normalized spacial score (nSPS) is 15.6. The molecule has 2 amide bonds. The summed E-state index contributed by atoms with van der Waals surface area (Å²) in [6.45, 7) is -0.0201. The maximum atomic E-state index is 12.6. The zero-order valence-corrected chi connectivity index (χ0v) is 15.7. The molecule has 0 spiro atoms. The molecule has 0 atom stereocenters. The Morgan fingerprint density at radius 3 is 2.59 bits per heavy atom. The molecule has 0 aromatic heterocycles.